The first-order valence-electron chi connectivity index (χ1n) is 11.0. The van der Waals surface area contributed by atoms with Crippen molar-refractivity contribution in [2.24, 2.45) is 0 Å². The molecular weight excluding hydrogens is 466 g/mol. The Morgan fingerprint density at radius 2 is 1.79 bits per heavy atom. The molecule has 0 aliphatic carbocycles. The van der Waals surface area contributed by atoms with Gasteiger partial charge in [-0.05, 0) is 47.6 Å². The summed E-state index contributed by atoms with van der Waals surface area (Å²) in [6.45, 7) is 11.0. The standard InChI is InChI=1S/C23H32ClN3O5S/c1-7-27-20(23(31-6)12-32-13-23)11-22(25-27)33(29,30)26-21(28)10-19-17(14(2)3)8-16(24)9-18(19)15(4)5/h8-9,11,14-15H,7,10,12-13H2,1-6H3,(H,26,28). The third-order valence-corrected chi connectivity index (χ3v) is 7.44. The lowest BCUT2D eigenvalue weighted by molar-refractivity contribution is -0.206. The number of methoxy groups -OCH3 is 1. The van der Waals surface area contributed by atoms with Crippen LogP contribution in [0.4, 0.5) is 0 Å². The monoisotopic (exact) mass is 497 g/mol. The van der Waals surface area contributed by atoms with Gasteiger partial charge in [-0.25, -0.2) is 4.72 Å². The number of nitrogens with zero attached hydrogens (tertiary/aromatic N) is 2. The summed E-state index contributed by atoms with van der Waals surface area (Å²) in [5.41, 5.74) is 2.55. The highest BCUT2D eigenvalue weighted by atomic mass is 35.5. The number of aromatic nitrogens is 2. The minimum absolute atomic E-state index is 0.0748. The third-order valence-electron chi connectivity index (χ3n) is 5.97. The lowest BCUT2D eigenvalue weighted by Crippen LogP contribution is -2.49. The normalized spacial score (nSPS) is 15.7. The number of sulfonamides is 1. The second kappa shape index (κ2) is 9.74. The summed E-state index contributed by atoms with van der Waals surface area (Å²) in [6.07, 6.45) is -0.0748. The second-order valence-electron chi connectivity index (χ2n) is 8.95. The Balaban J connectivity index is 1.89. The largest absolute Gasteiger partial charge is 0.374 e. The van der Waals surface area contributed by atoms with Gasteiger partial charge >= 0.3 is 0 Å². The molecule has 3 rings (SSSR count). The van der Waals surface area contributed by atoms with E-state index in [0.29, 0.717) is 30.5 Å². The van der Waals surface area contributed by atoms with Crippen molar-refractivity contribution in [1.82, 2.24) is 14.5 Å². The third kappa shape index (κ3) is 5.11. The Hall–Kier alpha value is -1.94. The molecule has 1 aromatic carbocycles. The van der Waals surface area contributed by atoms with Crippen LogP contribution in [-0.2, 0) is 42.9 Å². The number of hydrogen-bond donors (Lipinski definition) is 1. The zero-order valence-electron chi connectivity index (χ0n) is 19.9. The van der Waals surface area contributed by atoms with E-state index in [-0.39, 0.29) is 23.3 Å². The topological polar surface area (TPSA) is 99.5 Å². The quantitative estimate of drug-likeness (QED) is 0.566. The van der Waals surface area contributed by atoms with Crippen molar-refractivity contribution < 1.29 is 22.7 Å². The molecule has 0 atom stereocenters. The highest BCUT2D eigenvalue weighted by molar-refractivity contribution is 7.90. The van der Waals surface area contributed by atoms with E-state index in [4.69, 9.17) is 21.1 Å². The van der Waals surface area contributed by atoms with Gasteiger partial charge in [-0.15, -0.1) is 0 Å². The molecule has 8 nitrogen and oxygen atoms in total. The maximum atomic E-state index is 13.0. The number of ether oxygens (including phenoxy) is 2. The molecule has 0 bridgehead atoms. The average Bonchev–Trinajstić information content (AvgIpc) is 3.13. The summed E-state index contributed by atoms with van der Waals surface area (Å²) in [5, 5.41) is 4.60. The number of carbonyl (C=O) groups is 1. The first-order chi connectivity index (χ1) is 15.4. The number of halogens is 1. The van der Waals surface area contributed by atoms with E-state index < -0.39 is 21.5 Å². The molecule has 2 aromatic rings. The van der Waals surface area contributed by atoms with Crippen molar-refractivity contribution in [3.05, 3.63) is 45.6 Å². The average molecular weight is 498 g/mol. The molecule has 1 aliphatic rings. The van der Waals surface area contributed by atoms with Gasteiger partial charge in [0, 0.05) is 24.7 Å². The van der Waals surface area contributed by atoms with Crippen LogP contribution in [0.5, 0.6) is 0 Å². The minimum Gasteiger partial charge on any atom is -0.374 e. The van der Waals surface area contributed by atoms with E-state index in [9.17, 15) is 13.2 Å². The van der Waals surface area contributed by atoms with E-state index in [0.717, 1.165) is 16.7 Å². The molecule has 1 N–H and O–H groups in total. The number of rotatable bonds is 9. The molecule has 1 aliphatic heterocycles. The molecule has 33 heavy (non-hydrogen) atoms. The van der Waals surface area contributed by atoms with Crippen molar-refractivity contribution >= 4 is 27.5 Å². The first kappa shape index (κ1) is 25.7. The first-order valence-corrected chi connectivity index (χ1v) is 12.9. The molecule has 1 fully saturated rings. The summed E-state index contributed by atoms with van der Waals surface area (Å²) < 4.78 is 40.7. The van der Waals surface area contributed by atoms with Crippen molar-refractivity contribution in [3.63, 3.8) is 0 Å². The van der Waals surface area contributed by atoms with Gasteiger partial charge in [0.15, 0.2) is 10.6 Å². The summed E-state index contributed by atoms with van der Waals surface area (Å²) >= 11 is 6.30. The van der Waals surface area contributed by atoms with Gasteiger partial charge in [-0.2, -0.15) is 13.5 Å². The summed E-state index contributed by atoms with van der Waals surface area (Å²) in [5.74, 6) is -0.376. The van der Waals surface area contributed by atoms with Crippen LogP contribution in [-0.4, -0.2) is 44.4 Å². The van der Waals surface area contributed by atoms with Gasteiger partial charge in [0.25, 0.3) is 10.0 Å². The Labute approximate surface area is 200 Å². The molecule has 1 saturated heterocycles. The molecule has 0 unspecified atom stereocenters. The number of carbonyl (C=O) groups excluding carboxylic acids is 1. The Morgan fingerprint density at radius 1 is 1.21 bits per heavy atom. The minimum atomic E-state index is -4.17. The van der Waals surface area contributed by atoms with Crippen LogP contribution < -0.4 is 4.72 Å². The smallest absolute Gasteiger partial charge is 0.283 e. The number of hydrogen-bond acceptors (Lipinski definition) is 6. The van der Waals surface area contributed by atoms with Gasteiger partial charge in [0.1, 0.15) is 0 Å². The van der Waals surface area contributed by atoms with E-state index in [2.05, 4.69) is 9.82 Å². The van der Waals surface area contributed by atoms with Crippen molar-refractivity contribution in [1.29, 1.82) is 0 Å². The molecule has 182 valence electrons. The van der Waals surface area contributed by atoms with Crippen LogP contribution in [0, 0.1) is 0 Å². The zero-order valence-corrected chi connectivity index (χ0v) is 21.5. The van der Waals surface area contributed by atoms with Gasteiger partial charge in [-0.3, -0.25) is 9.48 Å². The molecule has 10 heteroatoms. The highest BCUT2D eigenvalue weighted by Gasteiger charge is 2.44. The number of nitrogens with one attached hydrogen (secondary N) is 1. The van der Waals surface area contributed by atoms with Crippen LogP contribution in [0.1, 0.15) is 68.8 Å². The van der Waals surface area contributed by atoms with Gasteiger partial charge in [0.05, 0.1) is 25.3 Å². The fraction of sp³-hybridized carbons (Fsp3) is 0.565. The van der Waals surface area contributed by atoms with Crippen LogP contribution in [0.25, 0.3) is 0 Å². The molecule has 0 saturated carbocycles. The summed E-state index contributed by atoms with van der Waals surface area (Å²) in [6, 6.07) is 5.14. The number of benzene rings is 1. The fourth-order valence-electron chi connectivity index (χ4n) is 4.10. The predicted molar refractivity (Wildman–Crippen MR) is 126 cm³/mol. The van der Waals surface area contributed by atoms with Crippen LogP contribution in [0.2, 0.25) is 5.02 Å². The maximum Gasteiger partial charge on any atom is 0.283 e. The van der Waals surface area contributed by atoms with Gasteiger partial charge in [0.2, 0.25) is 5.91 Å². The fourth-order valence-corrected chi connectivity index (χ4v) is 5.29. The van der Waals surface area contributed by atoms with Crippen LogP contribution in [0.3, 0.4) is 0 Å². The van der Waals surface area contributed by atoms with E-state index in [1.807, 2.05) is 46.8 Å². The molecule has 2 heterocycles. The van der Waals surface area contributed by atoms with Crippen molar-refractivity contribution in [2.75, 3.05) is 20.3 Å². The Kier molecular flexibility index (Phi) is 7.58. The molecule has 1 aromatic heterocycles. The number of amides is 1. The lowest BCUT2D eigenvalue weighted by atomic mass is 9.87. The van der Waals surface area contributed by atoms with E-state index >= 15 is 0 Å². The Bertz CT molecular complexity index is 1100. The predicted octanol–water partition coefficient (Wildman–Crippen LogP) is 3.72. The number of aryl methyl sites for hydroxylation is 1. The molecule has 1 amide bonds. The lowest BCUT2D eigenvalue weighted by Gasteiger charge is -2.39. The van der Waals surface area contributed by atoms with Crippen LogP contribution in [0.15, 0.2) is 23.2 Å². The van der Waals surface area contributed by atoms with Crippen molar-refractivity contribution in [3.8, 4) is 0 Å². The highest BCUT2D eigenvalue weighted by Crippen LogP contribution is 2.34. The molecule has 0 radical (unpaired) electrons. The second-order valence-corrected chi connectivity index (χ2v) is 11.0. The van der Waals surface area contributed by atoms with E-state index in [1.54, 1.807) is 11.8 Å². The Morgan fingerprint density at radius 3 is 2.21 bits per heavy atom. The van der Waals surface area contributed by atoms with E-state index in [1.165, 1.54) is 6.07 Å². The van der Waals surface area contributed by atoms with Crippen molar-refractivity contribution in [2.45, 2.75) is 70.0 Å². The molecule has 0 spiro atoms. The van der Waals surface area contributed by atoms with Gasteiger partial charge in [-0.1, -0.05) is 39.3 Å². The van der Waals surface area contributed by atoms with Crippen LogP contribution >= 0.6 is 11.6 Å². The SMILES string of the molecule is CCn1nc(S(=O)(=O)NC(=O)Cc2c(C(C)C)cc(Cl)cc2C(C)C)cc1C1(OC)COC1. The maximum absolute atomic E-state index is 13.0. The van der Waals surface area contributed by atoms with Gasteiger partial charge < -0.3 is 9.47 Å². The summed E-state index contributed by atoms with van der Waals surface area (Å²) in [7, 11) is -2.62. The zero-order chi connectivity index (χ0) is 24.6. The summed E-state index contributed by atoms with van der Waals surface area (Å²) in [4.78, 5) is 12.9. The molecular formula is C23H32ClN3O5S.